The number of phenols is 1. The van der Waals surface area contributed by atoms with E-state index in [2.05, 4.69) is 0 Å². The lowest BCUT2D eigenvalue weighted by Crippen LogP contribution is -2.20. The van der Waals surface area contributed by atoms with Crippen LogP contribution in [0.5, 0.6) is 11.5 Å². The van der Waals surface area contributed by atoms with Crippen molar-refractivity contribution in [3.05, 3.63) is 22.7 Å². The second-order valence-electron chi connectivity index (χ2n) is 4.87. The predicted octanol–water partition coefficient (Wildman–Crippen LogP) is 3.93. The van der Waals surface area contributed by atoms with Crippen molar-refractivity contribution in [2.24, 2.45) is 0 Å². The van der Waals surface area contributed by atoms with E-state index in [0.29, 0.717) is 0 Å². The van der Waals surface area contributed by atoms with Gasteiger partial charge in [-0.25, -0.2) is 4.79 Å². The largest absolute Gasteiger partial charge is 0.504 e. The van der Waals surface area contributed by atoms with Gasteiger partial charge in [-0.1, -0.05) is 18.0 Å². The van der Waals surface area contributed by atoms with Gasteiger partial charge in [-0.2, -0.15) is 0 Å². The number of esters is 1. The first-order chi connectivity index (χ1) is 9.63. The van der Waals surface area contributed by atoms with Crippen molar-refractivity contribution in [1.82, 2.24) is 0 Å². The van der Waals surface area contributed by atoms with Crippen molar-refractivity contribution >= 4 is 17.6 Å². The highest BCUT2D eigenvalue weighted by atomic mass is 35.5. The minimum absolute atomic E-state index is 0.0459. The number of phenolic OH excluding ortho intramolecular Hbond substituents is 1. The Kier molecular flexibility index (Phi) is 5.12. The van der Waals surface area contributed by atoms with Crippen molar-refractivity contribution in [3.8, 4) is 11.5 Å². The Balaban J connectivity index is 2.22. The van der Waals surface area contributed by atoms with Gasteiger partial charge in [0.2, 0.25) is 0 Å². The van der Waals surface area contributed by atoms with Crippen LogP contribution in [0.4, 0.5) is 0 Å². The van der Waals surface area contributed by atoms with Crippen molar-refractivity contribution in [1.29, 1.82) is 0 Å². The lowest BCUT2D eigenvalue weighted by molar-refractivity contribution is 0.0525. The highest BCUT2D eigenvalue weighted by Crippen LogP contribution is 2.39. The summed E-state index contributed by atoms with van der Waals surface area (Å²) in [5, 5.41) is 10.0. The van der Waals surface area contributed by atoms with Gasteiger partial charge in [-0.15, -0.1) is 0 Å². The summed E-state index contributed by atoms with van der Waals surface area (Å²) in [6.07, 6.45) is 5.37. The maximum Gasteiger partial charge on any atom is 0.339 e. The molecule has 1 aromatic rings. The molecular formula is C15H19ClO4. The number of carbonyl (C=O) groups is 1. The number of rotatable bonds is 4. The third-order valence-corrected chi connectivity index (χ3v) is 3.78. The van der Waals surface area contributed by atoms with Gasteiger partial charge in [-0.3, -0.25) is 0 Å². The zero-order valence-corrected chi connectivity index (χ0v) is 12.3. The van der Waals surface area contributed by atoms with Crippen molar-refractivity contribution in [2.45, 2.75) is 45.1 Å². The second-order valence-corrected chi connectivity index (χ2v) is 5.25. The molecule has 110 valence electrons. The second kappa shape index (κ2) is 6.84. The van der Waals surface area contributed by atoms with E-state index in [1.807, 2.05) is 0 Å². The molecule has 1 aliphatic rings. The van der Waals surface area contributed by atoms with Crippen LogP contribution in [0.1, 0.15) is 49.4 Å². The van der Waals surface area contributed by atoms with E-state index in [4.69, 9.17) is 21.1 Å². The van der Waals surface area contributed by atoms with E-state index in [-0.39, 0.29) is 34.8 Å². The summed E-state index contributed by atoms with van der Waals surface area (Å²) in [4.78, 5) is 11.8. The third-order valence-electron chi connectivity index (χ3n) is 3.41. The molecule has 2 rings (SSSR count). The van der Waals surface area contributed by atoms with Crippen LogP contribution in [0.2, 0.25) is 5.02 Å². The molecule has 0 aromatic heterocycles. The van der Waals surface area contributed by atoms with Crippen molar-refractivity contribution < 1.29 is 19.4 Å². The van der Waals surface area contributed by atoms with E-state index in [1.165, 1.54) is 18.6 Å². The van der Waals surface area contributed by atoms with Crippen LogP contribution in [0, 0.1) is 0 Å². The molecular weight excluding hydrogens is 280 g/mol. The first-order valence-corrected chi connectivity index (χ1v) is 7.36. The minimum atomic E-state index is -0.508. The fourth-order valence-electron chi connectivity index (χ4n) is 2.37. The highest BCUT2D eigenvalue weighted by molar-refractivity contribution is 6.35. The molecule has 1 aliphatic carbocycles. The summed E-state index contributed by atoms with van der Waals surface area (Å²) < 4.78 is 10.7. The number of hydrogen-bond donors (Lipinski definition) is 1. The fraction of sp³-hybridized carbons (Fsp3) is 0.533. The Morgan fingerprint density at radius 1 is 1.35 bits per heavy atom. The summed E-state index contributed by atoms with van der Waals surface area (Å²) in [6.45, 7) is 2.00. The smallest absolute Gasteiger partial charge is 0.339 e. The van der Waals surface area contributed by atoms with E-state index in [9.17, 15) is 9.90 Å². The quantitative estimate of drug-likeness (QED) is 0.856. The van der Waals surface area contributed by atoms with E-state index < -0.39 is 5.97 Å². The van der Waals surface area contributed by atoms with Crippen LogP contribution >= 0.6 is 11.6 Å². The monoisotopic (exact) mass is 298 g/mol. The standard InChI is InChI=1S/C15H19ClO4/c1-2-19-15(18)11-8-9-12(17)14(13(11)16)20-10-6-4-3-5-7-10/h8-10,17H,2-7H2,1H3. The summed E-state index contributed by atoms with van der Waals surface area (Å²) >= 11 is 6.18. The molecule has 0 radical (unpaired) electrons. The Labute approximate surface area is 123 Å². The Morgan fingerprint density at radius 2 is 2.05 bits per heavy atom. The lowest BCUT2D eigenvalue weighted by atomic mass is 9.98. The maximum absolute atomic E-state index is 11.8. The van der Waals surface area contributed by atoms with Gasteiger partial charge in [-0.05, 0) is 44.7 Å². The zero-order chi connectivity index (χ0) is 14.5. The first-order valence-electron chi connectivity index (χ1n) is 6.98. The molecule has 1 fully saturated rings. The van der Waals surface area contributed by atoms with E-state index in [0.717, 1.165) is 25.7 Å². The zero-order valence-electron chi connectivity index (χ0n) is 11.5. The van der Waals surface area contributed by atoms with Crippen LogP contribution in [0.3, 0.4) is 0 Å². The average Bonchev–Trinajstić information content (AvgIpc) is 2.45. The molecule has 0 unspecified atom stereocenters. The van der Waals surface area contributed by atoms with Gasteiger partial charge in [0.15, 0.2) is 11.5 Å². The molecule has 4 nitrogen and oxygen atoms in total. The van der Waals surface area contributed by atoms with Crippen molar-refractivity contribution in [2.75, 3.05) is 6.61 Å². The molecule has 0 heterocycles. The summed E-state index contributed by atoms with van der Waals surface area (Å²) in [5.41, 5.74) is 0.220. The molecule has 0 spiro atoms. The molecule has 0 bridgehead atoms. The normalized spacial score (nSPS) is 15.9. The topological polar surface area (TPSA) is 55.8 Å². The Bertz CT molecular complexity index is 481. The lowest BCUT2D eigenvalue weighted by Gasteiger charge is -2.24. The molecule has 1 N–H and O–H groups in total. The van der Waals surface area contributed by atoms with Crippen LogP contribution < -0.4 is 4.74 Å². The number of hydrogen-bond acceptors (Lipinski definition) is 4. The van der Waals surface area contributed by atoms with Gasteiger partial charge in [0, 0.05) is 0 Å². The van der Waals surface area contributed by atoms with Gasteiger partial charge in [0.25, 0.3) is 0 Å². The molecule has 1 saturated carbocycles. The van der Waals surface area contributed by atoms with Gasteiger partial charge in [0.05, 0.1) is 18.3 Å². The van der Waals surface area contributed by atoms with Gasteiger partial charge in [0.1, 0.15) is 5.02 Å². The number of aromatic hydroxyl groups is 1. The summed E-state index contributed by atoms with van der Waals surface area (Å²) in [7, 11) is 0. The highest BCUT2D eigenvalue weighted by Gasteiger charge is 2.22. The number of ether oxygens (including phenoxy) is 2. The van der Waals surface area contributed by atoms with Crippen LogP contribution in [-0.4, -0.2) is 23.8 Å². The number of halogens is 1. The molecule has 0 atom stereocenters. The molecule has 5 heteroatoms. The van der Waals surface area contributed by atoms with E-state index >= 15 is 0 Å². The SMILES string of the molecule is CCOC(=O)c1ccc(O)c(OC2CCCCC2)c1Cl. The molecule has 0 saturated heterocycles. The predicted molar refractivity (Wildman–Crippen MR) is 76.6 cm³/mol. The number of benzene rings is 1. The van der Waals surface area contributed by atoms with Crippen LogP contribution in [0.25, 0.3) is 0 Å². The Hall–Kier alpha value is -1.42. The average molecular weight is 299 g/mol. The summed E-state index contributed by atoms with van der Waals surface area (Å²) in [6, 6.07) is 2.86. The van der Waals surface area contributed by atoms with E-state index in [1.54, 1.807) is 6.92 Å². The summed E-state index contributed by atoms with van der Waals surface area (Å²) in [5.74, 6) is -0.372. The Morgan fingerprint density at radius 3 is 2.70 bits per heavy atom. The van der Waals surface area contributed by atoms with Crippen LogP contribution in [0.15, 0.2) is 12.1 Å². The molecule has 1 aromatic carbocycles. The van der Waals surface area contributed by atoms with Gasteiger partial charge >= 0.3 is 5.97 Å². The molecule has 0 amide bonds. The van der Waals surface area contributed by atoms with Crippen molar-refractivity contribution in [3.63, 3.8) is 0 Å². The van der Waals surface area contributed by atoms with Gasteiger partial charge < -0.3 is 14.6 Å². The number of carbonyl (C=O) groups excluding carboxylic acids is 1. The minimum Gasteiger partial charge on any atom is -0.504 e. The first kappa shape index (κ1) is 15.0. The maximum atomic E-state index is 11.8. The molecule has 0 aliphatic heterocycles. The fourth-order valence-corrected chi connectivity index (χ4v) is 2.66. The molecule has 20 heavy (non-hydrogen) atoms. The van der Waals surface area contributed by atoms with Crippen LogP contribution in [-0.2, 0) is 4.74 Å². The third kappa shape index (κ3) is 3.37.